The van der Waals surface area contributed by atoms with E-state index < -0.39 is 0 Å². The van der Waals surface area contributed by atoms with Crippen molar-refractivity contribution in [2.24, 2.45) is 4.99 Å². The van der Waals surface area contributed by atoms with Crippen LogP contribution in [0.3, 0.4) is 0 Å². The lowest BCUT2D eigenvalue weighted by atomic mass is 10.00. The van der Waals surface area contributed by atoms with Gasteiger partial charge in [0.1, 0.15) is 0 Å². The first-order valence-corrected chi connectivity index (χ1v) is 8.38. The van der Waals surface area contributed by atoms with Gasteiger partial charge < -0.3 is 10.2 Å². The summed E-state index contributed by atoms with van der Waals surface area (Å²) in [5.41, 5.74) is 5.01. The van der Waals surface area contributed by atoms with E-state index in [1.807, 2.05) is 19.3 Å². The van der Waals surface area contributed by atoms with Gasteiger partial charge in [0.05, 0.1) is 12.2 Å². The van der Waals surface area contributed by atoms with Crippen LogP contribution in [0, 0.1) is 6.92 Å². The topological polar surface area (TPSA) is 40.5 Å². The highest BCUT2D eigenvalue weighted by Gasteiger charge is 2.16. The van der Waals surface area contributed by atoms with E-state index in [2.05, 4.69) is 69.6 Å². The van der Waals surface area contributed by atoms with Crippen LogP contribution in [0.1, 0.15) is 23.2 Å². The summed E-state index contributed by atoms with van der Waals surface area (Å²) >= 11 is 0. The molecule has 3 rings (SSSR count). The molecule has 0 unspecified atom stereocenters. The Morgan fingerprint density at radius 1 is 1.20 bits per heavy atom. The number of aliphatic imine (C=N–C) groups is 1. The number of aromatic nitrogens is 1. The van der Waals surface area contributed by atoms with Gasteiger partial charge in [-0.25, -0.2) is 0 Å². The highest BCUT2D eigenvalue weighted by molar-refractivity contribution is 14.0. The summed E-state index contributed by atoms with van der Waals surface area (Å²) in [6.45, 7) is 4.64. The number of benzene rings is 1. The van der Waals surface area contributed by atoms with Crippen molar-refractivity contribution in [3.8, 4) is 0 Å². The molecule has 1 aliphatic rings. The predicted octanol–water partition coefficient (Wildman–Crippen LogP) is 3.87. The summed E-state index contributed by atoms with van der Waals surface area (Å²) in [6, 6.07) is 14.7. The zero-order valence-electron chi connectivity index (χ0n) is 14.8. The van der Waals surface area contributed by atoms with Crippen LogP contribution in [0.25, 0.3) is 5.57 Å². The van der Waals surface area contributed by atoms with Crippen LogP contribution < -0.4 is 5.32 Å². The molecule has 25 heavy (non-hydrogen) atoms. The van der Waals surface area contributed by atoms with E-state index in [9.17, 15) is 0 Å². The van der Waals surface area contributed by atoms with Crippen LogP contribution in [-0.4, -0.2) is 36.0 Å². The second kappa shape index (κ2) is 9.56. The number of hydrogen-bond acceptors (Lipinski definition) is 2. The third-order valence-electron chi connectivity index (χ3n) is 4.40. The monoisotopic (exact) mass is 448 g/mol. The van der Waals surface area contributed by atoms with Gasteiger partial charge in [0.2, 0.25) is 0 Å². The molecule has 5 heteroatoms. The fourth-order valence-electron chi connectivity index (χ4n) is 2.97. The molecule has 0 aliphatic carbocycles. The summed E-state index contributed by atoms with van der Waals surface area (Å²) in [5.74, 6) is 0.934. The molecule has 0 saturated heterocycles. The maximum Gasteiger partial charge on any atom is 0.194 e. The number of hydrogen-bond donors (Lipinski definition) is 1. The largest absolute Gasteiger partial charge is 0.351 e. The minimum atomic E-state index is 0. The number of guanidine groups is 1. The van der Waals surface area contributed by atoms with Gasteiger partial charge in [-0.2, -0.15) is 0 Å². The van der Waals surface area contributed by atoms with Crippen molar-refractivity contribution in [1.29, 1.82) is 0 Å². The smallest absolute Gasteiger partial charge is 0.194 e. The van der Waals surface area contributed by atoms with Gasteiger partial charge in [0, 0.05) is 26.3 Å². The van der Waals surface area contributed by atoms with Crippen LogP contribution in [0.4, 0.5) is 0 Å². The summed E-state index contributed by atoms with van der Waals surface area (Å²) in [4.78, 5) is 11.1. The molecule has 4 nitrogen and oxygen atoms in total. The molecule has 1 aromatic carbocycles. The fourth-order valence-corrected chi connectivity index (χ4v) is 2.97. The number of rotatable bonds is 3. The molecule has 2 aromatic rings. The molecule has 132 valence electrons. The minimum Gasteiger partial charge on any atom is -0.351 e. The number of nitrogens with one attached hydrogen (secondary N) is 1. The Kier molecular flexibility index (Phi) is 7.43. The highest BCUT2D eigenvalue weighted by atomic mass is 127. The average Bonchev–Trinajstić information content (AvgIpc) is 2.65. The zero-order chi connectivity index (χ0) is 16.8. The number of aryl methyl sites for hydroxylation is 1. The molecule has 1 N–H and O–H groups in total. The Bertz CT molecular complexity index is 740. The maximum atomic E-state index is 4.43. The number of nitrogens with zero attached hydrogens (tertiary/aromatic N) is 3. The Morgan fingerprint density at radius 2 is 2.00 bits per heavy atom. The Hall–Kier alpha value is -1.89. The summed E-state index contributed by atoms with van der Waals surface area (Å²) in [5, 5.41) is 3.44. The Balaban J connectivity index is 0.00000225. The van der Waals surface area contributed by atoms with Crippen LogP contribution in [0.15, 0.2) is 59.7 Å². The lowest BCUT2D eigenvalue weighted by molar-refractivity contribution is 0.439. The van der Waals surface area contributed by atoms with E-state index in [1.165, 1.54) is 16.7 Å². The first-order chi connectivity index (χ1) is 11.8. The Morgan fingerprint density at radius 3 is 2.64 bits per heavy atom. The molecular formula is C20H25IN4. The van der Waals surface area contributed by atoms with E-state index in [-0.39, 0.29) is 24.0 Å². The maximum absolute atomic E-state index is 4.43. The van der Waals surface area contributed by atoms with Crippen molar-refractivity contribution in [3.05, 3.63) is 71.6 Å². The summed E-state index contributed by atoms with van der Waals surface area (Å²) < 4.78 is 0. The lowest BCUT2D eigenvalue weighted by Gasteiger charge is -2.29. The lowest BCUT2D eigenvalue weighted by Crippen LogP contribution is -2.43. The summed E-state index contributed by atoms with van der Waals surface area (Å²) in [6.07, 6.45) is 5.17. The van der Waals surface area contributed by atoms with E-state index >= 15 is 0 Å². The predicted molar refractivity (Wildman–Crippen MR) is 115 cm³/mol. The molecule has 1 aromatic heterocycles. The fraction of sp³-hybridized carbons (Fsp3) is 0.300. The third-order valence-corrected chi connectivity index (χ3v) is 4.40. The average molecular weight is 448 g/mol. The van der Waals surface area contributed by atoms with Crippen LogP contribution in [0.5, 0.6) is 0 Å². The minimum absolute atomic E-state index is 0. The molecule has 0 saturated carbocycles. The van der Waals surface area contributed by atoms with Crippen LogP contribution in [0.2, 0.25) is 0 Å². The van der Waals surface area contributed by atoms with E-state index in [1.54, 1.807) is 0 Å². The van der Waals surface area contributed by atoms with Crippen molar-refractivity contribution in [2.75, 3.05) is 20.1 Å². The standard InChI is InChI=1S/C20H24N4.HI/c1-16-7-6-12-22-19(16)15-23-20(21-2)24-13-10-18(11-14-24)17-8-4-3-5-9-17;/h3-10,12H,11,13-15H2,1-2H3,(H,21,23);1H. The van der Waals surface area contributed by atoms with Crippen LogP contribution in [-0.2, 0) is 6.54 Å². The molecule has 2 heterocycles. The van der Waals surface area contributed by atoms with Gasteiger partial charge in [-0.1, -0.05) is 42.5 Å². The van der Waals surface area contributed by atoms with Crippen molar-refractivity contribution < 1.29 is 0 Å². The van der Waals surface area contributed by atoms with E-state index in [0.717, 1.165) is 31.2 Å². The zero-order valence-corrected chi connectivity index (χ0v) is 17.1. The Labute approximate surface area is 167 Å². The highest BCUT2D eigenvalue weighted by Crippen LogP contribution is 2.21. The molecule has 0 fully saturated rings. The van der Waals surface area contributed by atoms with E-state index in [0.29, 0.717) is 6.54 Å². The summed E-state index contributed by atoms with van der Waals surface area (Å²) in [7, 11) is 1.84. The van der Waals surface area contributed by atoms with E-state index in [4.69, 9.17) is 0 Å². The molecule has 0 spiro atoms. The third kappa shape index (κ3) is 5.04. The van der Waals surface area contributed by atoms with Gasteiger partial charge in [0.15, 0.2) is 5.96 Å². The van der Waals surface area contributed by atoms with Crippen molar-refractivity contribution in [3.63, 3.8) is 0 Å². The van der Waals surface area contributed by atoms with Crippen molar-refractivity contribution in [1.82, 2.24) is 15.2 Å². The number of pyridine rings is 1. The molecule has 1 aliphatic heterocycles. The first-order valence-electron chi connectivity index (χ1n) is 8.38. The van der Waals surface area contributed by atoms with Crippen molar-refractivity contribution >= 4 is 35.5 Å². The number of halogens is 1. The van der Waals surface area contributed by atoms with Gasteiger partial charge in [-0.05, 0) is 36.1 Å². The van der Waals surface area contributed by atoms with Crippen LogP contribution >= 0.6 is 24.0 Å². The molecule has 0 bridgehead atoms. The molecular weight excluding hydrogens is 423 g/mol. The second-order valence-corrected chi connectivity index (χ2v) is 5.96. The van der Waals surface area contributed by atoms with Gasteiger partial charge >= 0.3 is 0 Å². The normalized spacial score (nSPS) is 14.6. The second-order valence-electron chi connectivity index (χ2n) is 5.96. The SMILES string of the molecule is CN=C(NCc1ncccc1C)N1CC=C(c2ccccc2)CC1.I. The van der Waals surface area contributed by atoms with Gasteiger partial charge in [0.25, 0.3) is 0 Å². The molecule has 0 radical (unpaired) electrons. The van der Waals surface area contributed by atoms with Gasteiger partial charge in [-0.3, -0.25) is 9.98 Å². The van der Waals surface area contributed by atoms with Crippen molar-refractivity contribution in [2.45, 2.75) is 19.9 Å². The molecule has 0 atom stereocenters. The first kappa shape index (κ1) is 19.4. The van der Waals surface area contributed by atoms with Gasteiger partial charge in [-0.15, -0.1) is 24.0 Å². The molecule has 0 amide bonds. The quantitative estimate of drug-likeness (QED) is 0.441.